The van der Waals surface area contributed by atoms with E-state index in [1.807, 2.05) is 4.90 Å². The number of carbonyl (C=O) groups excluding carboxylic acids is 1. The summed E-state index contributed by atoms with van der Waals surface area (Å²) in [5.74, 6) is -0.572. The molecule has 0 saturated carbocycles. The van der Waals surface area contributed by atoms with Crippen molar-refractivity contribution >= 4 is 15.9 Å². The quantitative estimate of drug-likeness (QED) is 0.646. The summed E-state index contributed by atoms with van der Waals surface area (Å²) < 4.78 is 67.5. The molecule has 1 atom stereocenters. The smallest absolute Gasteiger partial charge is 0.406 e. The van der Waals surface area contributed by atoms with Gasteiger partial charge in [-0.1, -0.05) is 6.07 Å². The second-order valence-corrected chi connectivity index (χ2v) is 8.47. The molecule has 1 fully saturated rings. The van der Waals surface area contributed by atoms with Crippen LogP contribution in [0.4, 0.5) is 13.2 Å². The van der Waals surface area contributed by atoms with Crippen LogP contribution in [0.5, 0.6) is 5.75 Å². The predicted octanol–water partition coefficient (Wildman–Crippen LogP) is 1.81. The molecule has 0 aliphatic carbocycles. The lowest BCUT2D eigenvalue weighted by molar-refractivity contribution is -0.274. The average Bonchev–Trinajstić information content (AvgIpc) is 3.05. The molecule has 1 N–H and O–H groups in total. The van der Waals surface area contributed by atoms with Crippen molar-refractivity contribution in [1.82, 2.24) is 14.5 Å². The summed E-state index contributed by atoms with van der Waals surface area (Å²) in [4.78, 5) is 15.4. The lowest BCUT2D eigenvalue weighted by atomic mass is 10.2. The van der Waals surface area contributed by atoms with Crippen LogP contribution in [0.1, 0.15) is 19.3 Å². The van der Waals surface area contributed by atoms with Crippen molar-refractivity contribution in [3.8, 4) is 5.75 Å². The minimum atomic E-state index is -4.90. The van der Waals surface area contributed by atoms with Gasteiger partial charge in [0, 0.05) is 33.3 Å². The monoisotopic (exact) mass is 423 g/mol. The van der Waals surface area contributed by atoms with Gasteiger partial charge in [-0.3, -0.25) is 9.69 Å². The average molecular weight is 423 g/mol. The van der Waals surface area contributed by atoms with Gasteiger partial charge >= 0.3 is 6.36 Å². The van der Waals surface area contributed by atoms with E-state index in [9.17, 15) is 26.4 Å². The highest BCUT2D eigenvalue weighted by Crippen LogP contribution is 2.25. The van der Waals surface area contributed by atoms with Crippen LogP contribution in [0.25, 0.3) is 0 Å². The van der Waals surface area contributed by atoms with Gasteiger partial charge in [-0.25, -0.2) is 13.1 Å². The second-order valence-electron chi connectivity index (χ2n) is 6.70. The van der Waals surface area contributed by atoms with Crippen molar-refractivity contribution in [2.24, 2.45) is 0 Å². The molecule has 11 heteroatoms. The summed E-state index contributed by atoms with van der Waals surface area (Å²) in [6, 6.07) is 4.03. The third-order valence-electron chi connectivity index (χ3n) is 4.35. The Labute approximate surface area is 162 Å². The Kier molecular flexibility index (Phi) is 7.29. The van der Waals surface area contributed by atoms with Crippen LogP contribution in [0.2, 0.25) is 0 Å². The van der Waals surface area contributed by atoms with Gasteiger partial charge in [0.2, 0.25) is 15.9 Å². The molecule has 2 rings (SSSR count). The summed E-state index contributed by atoms with van der Waals surface area (Å²) in [6.07, 6.45) is -2.75. The van der Waals surface area contributed by atoms with Crippen molar-refractivity contribution in [2.75, 3.05) is 33.7 Å². The van der Waals surface area contributed by atoms with Gasteiger partial charge in [-0.15, -0.1) is 13.2 Å². The summed E-state index contributed by atoms with van der Waals surface area (Å²) in [5.41, 5.74) is 0. The molecule has 1 amide bonds. The number of alkyl halides is 3. The summed E-state index contributed by atoms with van der Waals surface area (Å²) in [6.45, 7) is 1.42. The minimum Gasteiger partial charge on any atom is -0.406 e. The number of benzene rings is 1. The molecular formula is C17H24F3N3O4S. The van der Waals surface area contributed by atoms with Crippen molar-refractivity contribution in [1.29, 1.82) is 0 Å². The lowest BCUT2D eigenvalue weighted by Crippen LogP contribution is -2.43. The fourth-order valence-corrected chi connectivity index (χ4v) is 4.19. The first-order valence-corrected chi connectivity index (χ1v) is 10.3. The molecule has 7 nitrogen and oxygen atoms in total. The number of likely N-dealkylation sites (tertiary alicyclic amines) is 1. The van der Waals surface area contributed by atoms with E-state index in [0.717, 1.165) is 31.5 Å². The third-order valence-corrected chi connectivity index (χ3v) is 5.81. The molecule has 1 heterocycles. The molecule has 1 aromatic rings. The molecule has 1 aromatic carbocycles. The number of carbonyl (C=O) groups is 1. The molecule has 0 radical (unpaired) electrons. The molecule has 1 aliphatic rings. The van der Waals surface area contributed by atoms with Gasteiger partial charge < -0.3 is 9.64 Å². The largest absolute Gasteiger partial charge is 0.573 e. The van der Waals surface area contributed by atoms with E-state index in [4.69, 9.17) is 0 Å². The Morgan fingerprint density at radius 2 is 2.07 bits per heavy atom. The zero-order chi connectivity index (χ0) is 20.9. The van der Waals surface area contributed by atoms with E-state index in [1.54, 1.807) is 19.0 Å². The van der Waals surface area contributed by atoms with Gasteiger partial charge in [0.15, 0.2) is 0 Å². The summed E-state index contributed by atoms with van der Waals surface area (Å²) in [5, 5.41) is 0. The number of hydrogen-bond acceptors (Lipinski definition) is 5. The topological polar surface area (TPSA) is 79.0 Å². The second kappa shape index (κ2) is 9.10. The number of ether oxygens (including phenoxy) is 1. The number of likely N-dealkylation sites (N-methyl/N-ethyl adjacent to an activating group) is 1. The van der Waals surface area contributed by atoms with Crippen LogP contribution in [0, 0.1) is 0 Å². The van der Waals surface area contributed by atoms with Crippen LogP contribution in [-0.2, 0) is 14.8 Å². The van der Waals surface area contributed by atoms with Gasteiger partial charge in [-0.05, 0) is 37.9 Å². The zero-order valence-corrected chi connectivity index (χ0v) is 16.5. The van der Waals surface area contributed by atoms with Gasteiger partial charge in [0.1, 0.15) is 5.75 Å². The van der Waals surface area contributed by atoms with Crippen LogP contribution in [0.15, 0.2) is 29.2 Å². The molecular weight excluding hydrogens is 399 g/mol. The maximum Gasteiger partial charge on any atom is 0.573 e. The minimum absolute atomic E-state index is 0.0274. The van der Waals surface area contributed by atoms with Gasteiger partial charge in [-0.2, -0.15) is 0 Å². The van der Waals surface area contributed by atoms with E-state index in [2.05, 4.69) is 9.46 Å². The SMILES string of the molecule is CN(C)C(=O)C1CCCN1CCCNS(=O)(=O)c1cccc(OC(F)(F)F)c1. The van der Waals surface area contributed by atoms with Crippen LogP contribution >= 0.6 is 0 Å². The van der Waals surface area contributed by atoms with Crippen molar-refractivity contribution in [2.45, 2.75) is 36.6 Å². The van der Waals surface area contributed by atoms with E-state index in [1.165, 1.54) is 12.1 Å². The first-order valence-electron chi connectivity index (χ1n) is 8.80. The first-order chi connectivity index (χ1) is 13.0. The highest BCUT2D eigenvalue weighted by Gasteiger charge is 2.32. The van der Waals surface area contributed by atoms with E-state index < -0.39 is 22.1 Å². The molecule has 0 aromatic heterocycles. The summed E-state index contributed by atoms with van der Waals surface area (Å²) >= 11 is 0. The van der Waals surface area contributed by atoms with Crippen molar-refractivity contribution in [3.63, 3.8) is 0 Å². The molecule has 0 spiro atoms. The van der Waals surface area contributed by atoms with Gasteiger partial charge in [0.25, 0.3) is 0 Å². The third kappa shape index (κ3) is 6.35. The molecule has 1 saturated heterocycles. The standard InChI is InChI=1S/C17H24F3N3O4S/c1-22(2)16(24)15-8-4-10-23(15)11-5-9-21-28(25,26)14-7-3-6-13(12-14)27-17(18,19)20/h3,6-7,12,15,21H,4-5,8-11H2,1-2H3. The predicted molar refractivity (Wildman–Crippen MR) is 96.2 cm³/mol. The highest BCUT2D eigenvalue weighted by atomic mass is 32.2. The van der Waals surface area contributed by atoms with E-state index >= 15 is 0 Å². The lowest BCUT2D eigenvalue weighted by Gasteiger charge is -2.26. The van der Waals surface area contributed by atoms with Crippen LogP contribution in [0.3, 0.4) is 0 Å². The maximum absolute atomic E-state index is 12.3. The normalized spacial score (nSPS) is 18.2. The number of sulfonamides is 1. The number of nitrogens with one attached hydrogen (secondary N) is 1. The maximum atomic E-state index is 12.3. The molecule has 0 bridgehead atoms. The Hall–Kier alpha value is -1.85. The molecule has 1 unspecified atom stereocenters. The fourth-order valence-electron chi connectivity index (χ4n) is 3.08. The Morgan fingerprint density at radius 1 is 1.36 bits per heavy atom. The number of rotatable bonds is 8. The molecule has 1 aliphatic heterocycles. The zero-order valence-electron chi connectivity index (χ0n) is 15.7. The van der Waals surface area contributed by atoms with E-state index in [0.29, 0.717) is 13.0 Å². The van der Waals surface area contributed by atoms with E-state index in [-0.39, 0.29) is 23.4 Å². The number of amides is 1. The number of hydrogen-bond donors (Lipinski definition) is 1. The van der Waals surface area contributed by atoms with Crippen LogP contribution < -0.4 is 9.46 Å². The Morgan fingerprint density at radius 3 is 2.71 bits per heavy atom. The van der Waals surface area contributed by atoms with Crippen LogP contribution in [-0.4, -0.2) is 70.3 Å². The molecule has 28 heavy (non-hydrogen) atoms. The van der Waals surface area contributed by atoms with Crippen molar-refractivity contribution in [3.05, 3.63) is 24.3 Å². The highest BCUT2D eigenvalue weighted by molar-refractivity contribution is 7.89. The molecule has 158 valence electrons. The Bertz CT molecular complexity index is 784. The first kappa shape index (κ1) is 22.4. The number of halogens is 3. The van der Waals surface area contributed by atoms with Crippen molar-refractivity contribution < 1.29 is 31.1 Å². The fraction of sp³-hybridized carbons (Fsp3) is 0.588. The number of nitrogens with zero attached hydrogens (tertiary/aromatic N) is 2. The Balaban J connectivity index is 1.88. The van der Waals surface area contributed by atoms with Gasteiger partial charge in [0.05, 0.1) is 10.9 Å². The summed E-state index contributed by atoms with van der Waals surface area (Å²) in [7, 11) is -0.572.